The molecule has 0 N–H and O–H groups in total. The average Bonchev–Trinajstić information content (AvgIpc) is 3.78. The van der Waals surface area contributed by atoms with E-state index in [1.54, 1.807) is 24.3 Å². The predicted octanol–water partition coefficient (Wildman–Crippen LogP) is 11.5. The van der Waals surface area contributed by atoms with Crippen LogP contribution in [0.5, 0.6) is 11.5 Å². The van der Waals surface area contributed by atoms with Gasteiger partial charge in [0.1, 0.15) is 29.9 Å². The van der Waals surface area contributed by atoms with E-state index in [0.29, 0.717) is 47.1 Å². The van der Waals surface area contributed by atoms with Gasteiger partial charge in [0, 0.05) is 57.4 Å². The number of oxime groups is 1. The van der Waals surface area contributed by atoms with Crippen LogP contribution in [0.4, 0.5) is 17.6 Å². The highest BCUT2D eigenvalue weighted by Crippen LogP contribution is 2.39. The Kier molecular flexibility index (Phi) is 13.3. The van der Waals surface area contributed by atoms with E-state index in [4.69, 9.17) is 23.8 Å². The summed E-state index contributed by atoms with van der Waals surface area (Å²) in [4.78, 5) is 31.8. The van der Waals surface area contributed by atoms with Crippen LogP contribution in [0.3, 0.4) is 0 Å². The molecule has 0 saturated carbocycles. The van der Waals surface area contributed by atoms with E-state index >= 15 is 0 Å². The SMILES string of the molecule is CCCCC(CC)Cn1c2ccc(/C(=N\OC(C)=O)c3ccc(OCC(F)(F)C(F)F)cc3)cc2c2cc(C(=O)c3ccc(OCC4COC(C)(C)O4)cc3)c3ccccc3c21. The normalized spacial score (nSPS) is 16.0. The number of nitrogens with zero attached hydrogens (tertiary/aromatic N) is 2. The van der Waals surface area contributed by atoms with Crippen LogP contribution in [-0.4, -0.2) is 66.1 Å². The van der Waals surface area contributed by atoms with Crippen LogP contribution in [0.15, 0.2) is 102 Å². The smallest absolute Gasteiger partial charge is 0.340 e. The summed E-state index contributed by atoms with van der Waals surface area (Å²) >= 11 is 0. The van der Waals surface area contributed by atoms with Crippen LogP contribution >= 0.6 is 0 Å². The summed E-state index contributed by atoms with van der Waals surface area (Å²) in [6.45, 7) is 9.29. The summed E-state index contributed by atoms with van der Waals surface area (Å²) < 4.78 is 77.5. The van der Waals surface area contributed by atoms with Crippen molar-refractivity contribution in [2.75, 3.05) is 19.8 Å². The number of unbranched alkanes of at least 4 members (excludes halogenated alkanes) is 1. The second-order valence-corrected chi connectivity index (χ2v) is 16.1. The van der Waals surface area contributed by atoms with E-state index in [1.807, 2.05) is 62.4 Å². The fourth-order valence-corrected chi connectivity index (χ4v) is 7.89. The number of benzene rings is 5. The molecule has 5 aromatic carbocycles. The van der Waals surface area contributed by atoms with Crippen molar-refractivity contribution >= 4 is 50.0 Å². The van der Waals surface area contributed by atoms with E-state index in [-0.39, 0.29) is 23.3 Å². The molecule has 2 atom stereocenters. The maximum absolute atomic E-state index is 14.6. The molecule has 1 aliphatic rings. The zero-order chi connectivity index (χ0) is 44.2. The Labute approximate surface area is 357 Å². The maximum atomic E-state index is 14.6. The minimum Gasteiger partial charge on any atom is -0.491 e. The van der Waals surface area contributed by atoms with Crippen LogP contribution in [0.2, 0.25) is 0 Å². The minimum absolute atomic E-state index is 0.0582. The molecular formula is C49H50F4N2O7. The molecule has 0 spiro atoms. The van der Waals surface area contributed by atoms with Gasteiger partial charge in [-0.05, 0) is 98.3 Å². The molecule has 62 heavy (non-hydrogen) atoms. The largest absolute Gasteiger partial charge is 0.491 e. The second-order valence-electron chi connectivity index (χ2n) is 16.1. The van der Waals surface area contributed by atoms with Gasteiger partial charge in [0.15, 0.2) is 18.2 Å². The Morgan fingerprint density at radius 1 is 0.855 bits per heavy atom. The zero-order valence-corrected chi connectivity index (χ0v) is 35.4. The first-order chi connectivity index (χ1) is 29.7. The number of carbonyl (C=O) groups excluding carboxylic acids is 2. The van der Waals surface area contributed by atoms with Crippen molar-refractivity contribution in [2.45, 2.75) is 91.1 Å². The first-order valence-corrected chi connectivity index (χ1v) is 20.9. The van der Waals surface area contributed by atoms with Gasteiger partial charge in [0.2, 0.25) is 0 Å². The number of aromatic nitrogens is 1. The topological polar surface area (TPSA) is 97.6 Å². The number of alkyl halides is 4. The first kappa shape index (κ1) is 44.3. The molecule has 1 aromatic heterocycles. The molecular weight excluding hydrogens is 805 g/mol. The van der Waals surface area contributed by atoms with Crippen molar-refractivity contribution in [1.29, 1.82) is 0 Å². The third kappa shape index (κ3) is 9.79. The number of ketones is 1. The average molecular weight is 855 g/mol. The highest BCUT2D eigenvalue weighted by Gasteiger charge is 2.41. The molecule has 2 unspecified atom stereocenters. The Morgan fingerprint density at radius 3 is 2.15 bits per heavy atom. The van der Waals surface area contributed by atoms with Gasteiger partial charge in [-0.2, -0.15) is 8.78 Å². The van der Waals surface area contributed by atoms with Crippen molar-refractivity contribution in [1.82, 2.24) is 4.57 Å². The molecule has 9 nitrogen and oxygen atoms in total. The van der Waals surface area contributed by atoms with Crippen molar-refractivity contribution in [2.24, 2.45) is 11.1 Å². The lowest BCUT2D eigenvalue weighted by atomic mass is 9.93. The van der Waals surface area contributed by atoms with Crippen molar-refractivity contribution in [3.05, 3.63) is 119 Å². The lowest BCUT2D eigenvalue weighted by molar-refractivity contribution is -0.148. The minimum atomic E-state index is -4.32. The number of rotatable bonds is 18. The Morgan fingerprint density at radius 2 is 1.52 bits per heavy atom. The molecule has 2 heterocycles. The van der Waals surface area contributed by atoms with Crippen LogP contribution < -0.4 is 9.47 Å². The number of halogens is 4. The molecule has 0 radical (unpaired) electrons. The summed E-state index contributed by atoms with van der Waals surface area (Å²) in [5.74, 6) is -4.89. The highest BCUT2D eigenvalue weighted by molar-refractivity contribution is 6.26. The van der Waals surface area contributed by atoms with E-state index in [0.717, 1.165) is 64.8 Å². The number of hydrogen-bond donors (Lipinski definition) is 0. The van der Waals surface area contributed by atoms with Crippen molar-refractivity contribution in [3.63, 3.8) is 0 Å². The standard InChI is InChI=1S/C49H50F4N2O7/c1-6-8-11-31(7-2)26-55-43-23-18-34(44(54-62-30(3)56)32-14-19-36(20-15-32)59-29-49(52,53)47(50)51)24-40(43)41-25-42(38-12-9-10-13-39(38)45(41)55)46(57)33-16-21-35(22-17-33)58-27-37-28-60-48(4,5)61-37/h9-10,12-25,31,37,47H,6-8,11,26-29H2,1-5H3/b54-44-. The molecule has 7 rings (SSSR count). The number of hydrogen-bond acceptors (Lipinski definition) is 8. The van der Waals surface area contributed by atoms with Crippen LogP contribution in [-0.2, 0) is 25.7 Å². The number of fused-ring (bicyclic) bond motifs is 5. The first-order valence-electron chi connectivity index (χ1n) is 20.9. The predicted molar refractivity (Wildman–Crippen MR) is 231 cm³/mol. The molecule has 0 amide bonds. The van der Waals surface area contributed by atoms with Gasteiger partial charge in [-0.25, -0.2) is 13.6 Å². The molecule has 13 heteroatoms. The summed E-state index contributed by atoms with van der Waals surface area (Å²) in [5.41, 5.74) is 4.16. The van der Waals surface area contributed by atoms with E-state index in [9.17, 15) is 27.2 Å². The monoisotopic (exact) mass is 854 g/mol. The third-order valence-corrected chi connectivity index (χ3v) is 11.1. The molecule has 0 bridgehead atoms. The molecule has 1 aliphatic heterocycles. The number of ether oxygens (including phenoxy) is 4. The molecule has 326 valence electrons. The van der Waals surface area contributed by atoms with Gasteiger partial charge in [0.05, 0.1) is 12.1 Å². The number of carbonyl (C=O) groups is 2. The zero-order valence-electron chi connectivity index (χ0n) is 35.4. The molecule has 1 saturated heterocycles. The Balaban J connectivity index is 1.32. The van der Waals surface area contributed by atoms with Gasteiger partial charge in [0.25, 0.3) is 0 Å². The fraction of sp³-hybridized carbons (Fsp3) is 0.367. The molecule has 6 aromatic rings. The Hall–Kier alpha value is -5.79. The van der Waals surface area contributed by atoms with Gasteiger partial charge >= 0.3 is 18.3 Å². The Bertz CT molecular complexity index is 2590. The fourth-order valence-electron chi connectivity index (χ4n) is 7.89. The van der Waals surface area contributed by atoms with Crippen molar-refractivity contribution in [3.8, 4) is 11.5 Å². The van der Waals surface area contributed by atoms with E-state index < -0.39 is 30.7 Å². The van der Waals surface area contributed by atoms with Gasteiger partial charge in [-0.15, -0.1) is 0 Å². The van der Waals surface area contributed by atoms with E-state index in [1.165, 1.54) is 31.2 Å². The lowest BCUT2D eigenvalue weighted by Crippen LogP contribution is -2.33. The van der Waals surface area contributed by atoms with Gasteiger partial charge in [-0.1, -0.05) is 68.6 Å². The summed E-state index contributed by atoms with van der Waals surface area (Å²) in [6, 6.07) is 28.5. The summed E-state index contributed by atoms with van der Waals surface area (Å²) in [6.07, 6.45) is 0.125. The van der Waals surface area contributed by atoms with Crippen LogP contribution in [0.1, 0.15) is 87.4 Å². The molecule has 1 fully saturated rings. The maximum Gasteiger partial charge on any atom is 0.340 e. The lowest BCUT2D eigenvalue weighted by Gasteiger charge is -2.18. The van der Waals surface area contributed by atoms with Crippen molar-refractivity contribution < 1.29 is 50.9 Å². The third-order valence-electron chi connectivity index (χ3n) is 11.1. The van der Waals surface area contributed by atoms with E-state index in [2.05, 4.69) is 23.6 Å². The van der Waals surface area contributed by atoms with Gasteiger partial charge in [-0.3, -0.25) is 4.79 Å². The molecule has 0 aliphatic carbocycles. The van der Waals surface area contributed by atoms with Crippen LogP contribution in [0.25, 0.3) is 32.6 Å². The summed E-state index contributed by atoms with van der Waals surface area (Å²) in [5, 5.41) is 7.59. The highest BCUT2D eigenvalue weighted by atomic mass is 19.3. The van der Waals surface area contributed by atoms with Gasteiger partial charge < -0.3 is 28.4 Å². The summed E-state index contributed by atoms with van der Waals surface area (Å²) in [7, 11) is 0. The quantitative estimate of drug-likeness (QED) is 0.0279. The second kappa shape index (κ2) is 18.7. The van der Waals surface area contributed by atoms with Crippen LogP contribution in [0, 0.1) is 5.92 Å².